The molecule has 0 unspecified atom stereocenters. The molecule has 0 atom stereocenters. The van der Waals surface area contributed by atoms with Crippen LogP contribution in [-0.4, -0.2) is 25.0 Å². The first kappa shape index (κ1) is 20.4. The van der Waals surface area contributed by atoms with E-state index in [1.54, 1.807) is 24.7 Å². The zero-order chi connectivity index (χ0) is 21.8. The van der Waals surface area contributed by atoms with Crippen LogP contribution in [0.2, 0.25) is 0 Å². The quantitative estimate of drug-likeness (QED) is 0.249. The summed E-state index contributed by atoms with van der Waals surface area (Å²) in [5.41, 5.74) is 2.61. The van der Waals surface area contributed by atoms with Crippen LogP contribution in [0.25, 0.3) is 0 Å². The van der Waals surface area contributed by atoms with E-state index < -0.39 is 0 Å². The van der Waals surface area contributed by atoms with Gasteiger partial charge in [-0.25, -0.2) is 15.0 Å². The summed E-state index contributed by atoms with van der Waals surface area (Å²) in [5, 5.41) is 7.96. The van der Waals surface area contributed by atoms with E-state index in [-0.39, 0.29) is 0 Å². The maximum atomic E-state index is 5.43. The Morgan fingerprint density at radius 3 is 2.53 bits per heavy atom. The lowest BCUT2D eigenvalue weighted by atomic mass is 10.1. The number of benzene rings is 1. The average molecular weight is 462 g/mol. The van der Waals surface area contributed by atoms with Gasteiger partial charge in [-0.2, -0.15) is 4.98 Å². The first-order valence-electron chi connectivity index (χ1n) is 9.96. The summed E-state index contributed by atoms with van der Waals surface area (Å²) < 4.78 is 5.33. The molecule has 4 aromatic rings. The van der Waals surface area contributed by atoms with Gasteiger partial charge < -0.3 is 20.0 Å². The maximum absolute atomic E-state index is 5.43. The van der Waals surface area contributed by atoms with Crippen LogP contribution in [0.15, 0.2) is 81.8 Å². The van der Waals surface area contributed by atoms with E-state index in [1.807, 2.05) is 18.2 Å². The molecule has 0 bridgehead atoms. The van der Waals surface area contributed by atoms with Gasteiger partial charge in [-0.1, -0.05) is 24.3 Å². The van der Waals surface area contributed by atoms with E-state index in [2.05, 4.69) is 54.8 Å². The fraction of sp³-hybridized carbons (Fsp3) is 0.136. The van der Waals surface area contributed by atoms with Crippen molar-refractivity contribution in [3.8, 4) is 0 Å². The van der Waals surface area contributed by atoms with Gasteiger partial charge in [-0.05, 0) is 53.3 Å². The summed E-state index contributed by atoms with van der Waals surface area (Å²) in [7, 11) is 0. The van der Waals surface area contributed by atoms with Crippen molar-refractivity contribution in [1.29, 1.82) is 0 Å². The third-order valence-electron chi connectivity index (χ3n) is 4.82. The predicted octanol–water partition coefficient (Wildman–Crippen LogP) is 4.02. The molecule has 1 aliphatic rings. The molecule has 5 rings (SSSR count). The number of anilines is 2. The Kier molecular flexibility index (Phi) is 5.95. The molecular formula is C22H19N7OS2. The number of nitrogens with zero attached hydrogens (tertiary/aromatic N) is 5. The minimum atomic E-state index is 0.411. The molecule has 0 radical (unpaired) electrons. The van der Waals surface area contributed by atoms with Gasteiger partial charge >= 0.3 is 0 Å². The van der Waals surface area contributed by atoms with Crippen LogP contribution in [0.1, 0.15) is 16.9 Å². The molecule has 0 aliphatic carbocycles. The number of rotatable bonds is 6. The van der Waals surface area contributed by atoms with Crippen LogP contribution >= 0.6 is 24.0 Å². The normalized spacial score (nSPS) is 12.4. The minimum absolute atomic E-state index is 0.411. The number of hydrogen-bond acceptors (Lipinski definition) is 8. The standard InChI is InChI=1S/C22H19N7OS2/c31-21(25-12-17-7-3-10-30-17)28-20-26-18(29-13-15-5-1-2-6-16(15)14-29)11-19(27-20)32-22-23-8-4-9-24-22/h1-11H,12-14H2,(H2,25,26,27,28,31). The van der Waals surface area contributed by atoms with Gasteiger partial charge in [0.05, 0.1) is 12.8 Å². The van der Waals surface area contributed by atoms with Crippen LogP contribution < -0.4 is 15.5 Å². The molecule has 32 heavy (non-hydrogen) atoms. The molecule has 4 heterocycles. The summed E-state index contributed by atoms with van der Waals surface area (Å²) in [4.78, 5) is 20.1. The highest BCUT2D eigenvalue weighted by Crippen LogP contribution is 2.31. The Bertz CT molecular complexity index is 1190. The highest BCUT2D eigenvalue weighted by atomic mass is 32.2. The van der Waals surface area contributed by atoms with Gasteiger partial charge in [0.25, 0.3) is 0 Å². The number of hydrogen-bond donors (Lipinski definition) is 2. The molecular weight excluding hydrogens is 442 g/mol. The van der Waals surface area contributed by atoms with Crippen LogP contribution in [0.4, 0.5) is 11.8 Å². The molecule has 0 saturated heterocycles. The van der Waals surface area contributed by atoms with Crippen LogP contribution in [0.5, 0.6) is 0 Å². The monoisotopic (exact) mass is 461 g/mol. The highest BCUT2D eigenvalue weighted by molar-refractivity contribution is 7.99. The largest absolute Gasteiger partial charge is 0.467 e. The van der Waals surface area contributed by atoms with Crippen molar-refractivity contribution in [2.75, 3.05) is 10.2 Å². The fourth-order valence-corrected chi connectivity index (χ4v) is 4.21. The lowest BCUT2D eigenvalue weighted by Gasteiger charge is -2.18. The molecule has 1 aromatic carbocycles. The van der Waals surface area contributed by atoms with E-state index in [0.29, 0.717) is 22.8 Å². The van der Waals surface area contributed by atoms with Gasteiger partial charge in [-0.15, -0.1) is 0 Å². The molecule has 0 saturated carbocycles. The van der Waals surface area contributed by atoms with E-state index in [4.69, 9.17) is 21.6 Å². The van der Waals surface area contributed by atoms with Gasteiger partial charge in [0.2, 0.25) is 5.95 Å². The lowest BCUT2D eigenvalue weighted by Crippen LogP contribution is -2.29. The Labute approximate surface area is 194 Å². The Morgan fingerprint density at radius 2 is 1.81 bits per heavy atom. The molecule has 2 N–H and O–H groups in total. The van der Waals surface area contributed by atoms with E-state index >= 15 is 0 Å². The smallest absolute Gasteiger partial charge is 0.232 e. The third kappa shape index (κ3) is 4.87. The Morgan fingerprint density at radius 1 is 1.03 bits per heavy atom. The van der Waals surface area contributed by atoms with Crippen molar-refractivity contribution in [2.45, 2.75) is 29.8 Å². The second-order valence-electron chi connectivity index (χ2n) is 7.03. The van der Waals surface area contributed by atoms with Crippen molar-refractivity contribution in [2.24, 2.45) is 0 Å². The molecule has 0 spiro atoms. The van der Waals surface area contributed by atoms with Crippen LogP contribution in [0.3, 0.4) is 0 Å². The third-order valence-corrected chi connectivity index (χ3v) is 5.88. The SMILES string of the molecule is S=C(NCc1ccco1)Nc1nc(Sc2ncccn2)cc(N2Cc3ccccc3C2)n1. The zero-order valence-corrected chi connectivity index (χ0v) is 18.6. The van der Waals surface area contributed by atoms with Crippen molar-refractivity contribution in [3.05, 3.63) is 84.1 Å². The first-order valence-corrected chi connectivity index (χ1v) is 11.2. The minimum Gasteiger partial charge on any atom is -0.467 e. The van der Waals surface area contributed by atoms with Crippen molar-refractivity contribution >= 4 is 40.9 Å². The first-order chi connectivity index (χ1) is 15.7. The molecule has 0 amide bonds. The van der Waals surface area contributed by atoms with Crippen molar-refractivity contribution in [1.82, 2.24) is 25.3 Å². The van der Waals surface area contributed by atoms with Gasteiger partial charge in [0.1, 0.15) is 16.6 Å². The lowest BCUT2D eigenvalue weighted by molar-refractivity contribution is 0.503. The molecule has 3 aromatic heterocycles. The zero-order valence-electron chi connectivity index (χ0n) is 16.9. The number of furan rings is 1. The second-order valence-corrected chi connectivity index (χ2v) is 8.43. The summed E-state index contributed by atoms with van der Waals surface area (Å²) in [6, 6.07) is 15.9. The van der Waals surface area contributed by atoms with Crippen LogP contribution in [-0.2, 0) is 19.6 Å². The summed E-state index contributed by atoms with van der Waals surface area (Å²) in [6.45, 7) is 2.05. The van der Waals surface area contributed by atoms with Gasteiger partial charge in [0, 0.05) is 31.5 Å². The Balaban J connectivity index is 1.37. The molecule has 0 fully saturated rings. The molecule has 10 heteroatoms. The van der Waals surface area contributed by atoms with Crippen molar-refractivity contribution < 1.29 is 4.42 Å². The average Bonchev–Trinajstić information content (AvgIpc) is 3.48. The highest BCUT2D eigenvalue weighted by Gasteiger charge is 2.21. The van der Waals surface area contributed by atoms with Gasteiger partial charge in [-0.3, -0.25) is 0 Å². The maximum Gasteiger partial charge on any atom is 0.232 e. The van der Waals surface area contributed by atoms with Crippen molar-refractivity contribution in [3.63, 3.8) is 0 Å². The van der Waals surface area contributed by atoms with E-state index in [9.17, 15) is 0 Å². The molecule has 8 nitrogen and oxygen atoms in total. The topological polar surface area (TPSA) is 92.0 Å². The number of aromatic nitrogens is 4. The summed E-state index contributed by atoms with van der Waals surface area (Å²) >= 11 is 6.81. The molecule has 160 valence electrons. The Hall–Kier alpha value is -3.50. The van der Waals surface area contributed by atoms with Crippen LogP contribution in [0, 0.1) is 0 Å². The number of nitrogens with one attached hydrogen (secondary N) is 2. The second kappa shape index (κ2) is 9.33. The van der Waals surface area contributed by atoms with Gasteiger partial charge in [0.15, 0.2) is 10.3 Å². The number of fused-ring (bicyclic) bond motifs is 1. The predicted molar refractivity (Wildman–Crippen MR) is 126 cm³/mol. The summed E-state index contributed by atoms with van der Waals surface area (Å²) in [5.74, 6) is 2.01. The van der Waals surface area contributed by atoms with E-state index in [1.165, 1.54) is 22.9 Å². The van der Waals surface area contributed by atoms with E-state index in [0.717, 1.165) is 29.7 Å². The fourth-order valence-electron chi connectivity index (χ4n) is 3.34. The summed E-state index contributed by atoms with van der Waals surface area (Å²) in [6.07, 6.45) is 5.05. The number of thiocarbonyl (C=S) groups is 1. The molecule has 1 aliphatic heterocycles.